The minimum absolute atomic E-state index is 0.608. The van der Waals surface area contributed by atoms with E-state index >= 15 is 0 Å². The Morgan fingerprint density at radius 1 is 0.404 bits per heavy atom. The number of hydrogen-bond acceptors (Lipinski definition) is 5. The molecule has 57 heavy (non-hydrogen) atoms. The molecule has 0 unspecified atom stereocenters. The van der Waals surface area contributed by atoms with Gasteiger partial charge in [0.1, 0.15) is 0 Å². The van der Waals surface area contributed by atoms with Gasteiger partial charge in [-0.3, -0.25) is 0 Å². The Hall–Kier alpha value is -7.37. The molecule has 3 aromatic heterocycles. The summed E-state index contributed by atoms with van der Waals surface area (Å²) in [4.78, 5) is 25.9. The van der Waals surface area contributed by atoms with Crippen LogP contribution in [-0.2, 0) is 6.42 Å². The van der Waals surface area contributed by atoms with Crippen LogP contribution in [0.4, 0.5) is 0 Å². The van der Waals surface area contributed by atoms with Gasteiger partial charge in [0.25, 0.3) is 0 Å². The summed E-state index contributed by atoms with van der Waals surface area (Å²) in [6.07, 6.45) is 7.85. The quantitative estimate of drug-likeness (QED) is 0.159. The second-order valence-corrected chi connectivity index (χ2v) is 14.8. The van der Waals surface area contributed by atoms with Crippen molar-refractivity contribution in [2.75, 3.05) is 0 Å². The molecule has 6 aromatic carbocycles. The molecule has 2 aliphatic carbocycles. The summed E-state index contributed by atoms with van der Waals surface area (Å²) < 4.78 is 0. The van der Waals surface area contributed by atoms with E-state index in [4.69, 9.17) is 24.9 Å². The molecule has 5 nitrogen and oxygen atoms in total. The van der Waals surface area contributed by atoms with Crippen molar-refractivity contribution in [2.45, 2.75) is 19.3 Å². The lowest BCUT2D eigenvalue weighted by atomic mass is 9.90. The van der Waals surface area contributed by atoms with Gasteiger partial charge in [-0.2, -0.15) is 0 Å². The number of hydrogen-bond donors (Lipinski definition) is 0. The van der Waals surface area contributed by atoms with Gasteiger partial charge in [-0.05, 0) is 77.4 Å². The molecule has 0 saturated carbocycles. The highest BCUT2D eigenvalue weighted by Crippen LogP contribution is 2.45. The highest BCUT2D eigenvalue weighted by Gasteiger charge is 2.25. The first-order valence-electron chi connectivity index (χ1n) is 19.5. The van der Waals surface area contributed by atoms with Crippen LogP contribution in [0.2, 0.25) is 0 Å². The number of fused-ring (bicyclic) bond motifs is 5. The summed E-state index contributed by atoms with van der Waals surface area (Å²) in [6.45, 7) is 0. The maximum Gasteiger partial charge on any atom is 0.164 e. The number of rotatable bonds is 6. The van der Waals surface area contributed by atoms with Crippen molar-refractivity contribution in [3.8, 4) is 67.8 Å². The second kappa shape index (κ2) is 13.7. The number of nitrogens with zero attached hydrogens (tertiary/aromatic N) is 5. The Labute approximate surface area is 330 Å². The van der Waals surface area contributed by atoms with Crippen LogP contribution in [0, 0.1) is 0 Å². The third-order valence-electron chi connectivity index (χ3n) is 11.2. The Morgan fingerprint density at radius 3 is 1.56 bits per heavy atom. The normalized spacial score (nSPS) is 13.3. The molecule has 0 bridgehead atoms. The number of aromatic nitrogens is 5. The van der Waals surface area contributed by atoms with Gasteiger partial charge < -0.3 is 0 Å². The van der Waals surface area contributed by atoms with Gasteiger partial charge in [0.05, 0.1) is 22.4 Å². The molecule has 0 fully saturated rings. The Bertz CT molecular complexity index is 3020. The van der Waals surface area contributed by atoms with Crippen molar-refractivity contribution in [3.63, 3.8) is 0 Å². The van der Waals surface area contributed by atoms with E-state index in [0.29, 0.717) is 17.5 Å². The molecule has 5 heteroatoms. The monoisotopic (exact) mass is 729 g/mol. The van der Waals surface area contributed by atoms with Gasteiger partial charge in [-0.1, -0.05) is 151 Å². The summed E-state index contributed by atoms with van der Waals surface area (Å²) in [5.41, 5.74) is 16.3. The third kappa shape index (κ3) is 6.01. The minimum Gasteiger partial charge on any atom is -0.245 e. The summed E-state index contributed by atoms with van der Waals surface area (Å²) in [5, 5.41) is 2.10. The van der Waals surface area contributed by atoms with E-state index in [9.17, 15) is 0 Å². The first-order chi connectivity index (χ1) is 28.2. The van der Waals surface area contributed by atoms with Crippen LogP contribution in [0.3, 0.4) is 0 Å². The van der Waals surface area contributed by atoms with Crippen molar-refractivity contribution in [2.24, 2.45) is 0 Å². The fourth-order valence-electron chi connectivity index (χ4n) is 8.39. The van der Waals surface area contributed by atoms with Crippen molar-refractivity contribution < 1.29 is 0 Å². The SMILES string of the molecule is C1=CC2=C(CC1)Cc1cccc(-c3cc(-c4ccc5ccc6ccc(-c7ccccc7)nc6c5n4)cc(-c4nc(-c5ccccc5)nc(-c5ccccc5)n4)c3)c12. The van der Waals surface area contributed by atoms with Crippen LogP contribution in [0.25, 0.3) is 95.2 Å². The second-order valence-electron chi connectivity index (χ2n) is 14.8. The van der Waals surface area contributed by atoms with E-state index in [1.807, 2.05) is 78.9 Å². The lowest BCUT2D eigenvalue weighted by Gasteiger charge is -2.16. The average molecular weight is 730 g/mol. The van der Waals surface area contributed by atoms with Crippen LogP contribution < -0.4 is 0 Å². The Kier molecular flexibility index (Phi) is 7.95. The van der Waals surface area contributed by atoms with Crippen molar-refractivity contribution in [1.29, 1.82) is 0 Å². The minimum atomic E-state index is 0.608. The average Bonchev–Trinajstić information content (AvgIpc) is 3.68. The van der Waals surface area contributed by atoms with E-state index in [-0.39, 0.29) is 0 Å². The van der Waals surface area contributed by atoms with Gasteiger partial charge in [0, 0.05) is 38.6 Å². The first-order valence-corrected chi connectivity index (χ1v) is 19.5. The highest BCUT2D eigenvalue weighted by atomic mass is 15.0. The standard InChI is InChI=1S/C52H35N5/c1-4-13-33(14-5-1)45-27-25-34-23-24-35-26-28-46(54-49(35)48(34)53-45)41-30-40(44-22-12-20-39-29-38-19-10-11-21-43(38)47(39)44)31-42(32-41)52-56-50(36-15-6-2-7-16-36)55-51(57-52)37-17-8-3-9-18-37/h1-9,11-18,20-28,30-32H,10,19,29H2. The van der Waals surface area contributed by atoms with Gasteiger partial charge in [0.2, 0.25) is 0 Å². The van der Waals surface area contributed by atoms with E-state index < -0.39 is 0 Å². The van der Waals surface area contributed by atoms with E-state index in [1.54, 1.807) is 0 Å². The first kappa shape index (κ1) is 33.0. The topological polar surface area (TPSA) is 64.5 Å². The zero-order valence-corrected chi connectivity index (χ0v) is 31.1. The largest absolute Gasteiger partial charge is 0.245 e. The molecular formula is C52H35N5. The molecule has 268 valence electrons. The van der Waals surface area contributed by atoms with Crippen LogP contribution in [0.5, 0.6) is 0 Å². The van der Waals surface area contributed by atoms with Crippen molar-refractivity contribution in [1.82, 2.24) is 24.9 Å². The molecule has 0 radical (unpaired) electrons. The molecule has 3 heterocycles. The fourth-order valence-corrected chi connectivity index (χ4v) is 8.39. The van der Waals surface area contributed by atoms with Crippen molar-refractivity contribution >= 4 is 27.4 Å². The molecule has 9 aromatic rings. The fraction of sp³-hybridized carbons (Fsp3) is 0.0577. The van der Waals surface area contributed by atoms with Crippen LogP contribution in [0.1, 0.15) is 24.0 Å². The van der Waals surface area contributed by atoms with Gasteiger partial charge in [-0.15, -0.1) is 0 Å². The maximum absolute atomic E-state index is 5.41. The third-order valence-corrected chi connectivity index (χ3v) is 11.2. The molecule has 0 atom stereocenters. The Balaban J connectivity index is 1.14. The number of allylic oxidation sites excluding steroid dienone is 4. The molecule has 0 saturated heterocycles. The van der Waals surface area contributed by atoms with E-state index in [0.717, 1.165) is 85.8 Å². The predicted octanol–water partition coefficient (Wildman–Crippen LogP) is 12.6. The van der Waals surface area contributed by atoms with Gasteiger partial charge in [-0.25, -0.2) is 24.9 Å². The summed E-state index contributed by atoms with van der Waals surface area (Å²) in [6, 6.07) is 56.8. The smallest absolute Gasteiger partial charge is 0.164 e. The lowest BCUT2D eigenvalue weighted by Crippen LogP contribution is -2.01. The van der Waals surface area contributed by atoms with Crippen LogP contribution >= 0.6 is 0 Å². The van der Waals surface area contributed by atoms with Gasteiger partial charge in [0.15, 0.2) is 17.5 Å². The lowest BCUT2D eigenvalue weighted by molar-refractivity contribution is 0.935. The van der Waals surface area contributed by atoms with E-state index in [1.165, 1.54) is 27.8 Å². The molecular weight excluding hydrogens is 695 g/mol. The molecule has 0 N–H and O–H groups in total. The molecule has 0 aliphatic heterocycles. The van der Waals surface area contributed by atoms with Crippen LogP contribution in [-0.4, -0.2) is 24.9 Å². The Morgan fingerprint density at radius 2 is 0.930 bits per heavy atom. The zero-order valence-electron chi connectivity index (χ0n) is 31.1. The molecule has 0 spiro atoms. The summed E-state index contributed by atoms with van der Waals surface area (Å²) >= 11 is 0. The highest BCUT2D eigenvalue weighted by molar-refractivity contribution is 6.04. The molecule has 0 amide bonds. The summed E-state index contributed by atoms with van der Waals surface area (Å²) in [7, 11) is 0. The zero-order chi connectivity index (χ0) is 37.7. The van der Waals surface area contributed by atoms with E-state index in [2.05, 4.69) is 97.1 Å². The predicted molar refractivity (Wildman–Crippen MR) is 232 cm³/mol. The summed E-state index contributed by atoms with van der Waals surface area (Å²) in [5.74, 6) is 1.87. The van der Waals surface area contributed by atoms with Crippen molar-refractivity contribution in [3.05, 3.63) is 193 Å². The molecule has 11 rings (SSSR count). The number of benzene rings is 6. The molecule has 2 aliphatic rings. The van der Waals surface area contributed by atoms with Gasteiger partial charge >= 0.3 is 0 Å². The van der Waals surface area contributed by atoms with Crippen LogP contribution in [0.15, 0.2) is 182 Å². The maximum atomic E-state index is 5.41. The number of pyridine rings is 2.